The molecule has 1 N–H and O–H groups in total. The minimum Gasteiger partial charge on any atom is -0.481 e. The highest BCUT2D eigenvalue weighted by Gasteiger charge is 2.19. The van der Waals surface area contributed by atoms with Gasteiger partial charge in [-0.05, 0) is 29.7 Å². The van der Waals surface area contributed by atoms with Crippen LogP contribution in [0.15, 0.2) is 0 Å². The molecular weight excluding hydrogens is 238 g/mol. The highest BCUT2D eigenvalue weighted by Crippen LogP contribution is 2.09. The van der Waals surface area contributed by atoms with Crippen LogP contribution in [-0.2, 0) is 22.6 Å². The average Bonchev–Trinajstić information content (AvgIpc) is 2.77. The number of rotatable bonds is 4. The van der Waals surface area contributed by atoms with Crippen LogP contribution in [0.2, 0.25) is 0 Å². The average molecular weight is 253 g/mol. The first-order valence-electron chi connectivity index (χ1n) is 5.91. The number of hydrogen-bond donors (Lipinski definition) is 1. The van der Waals surface area contributed by atoms with E-state index in [0.29, 0.717) is 0 Å². The Labute approximate surface area is 104 Å². The van der Waals surface area contributed by atoms with E-state index in [9.17, 15) is 9.59 Å². The molecule has 0 atom stereocenters. The lowest BCUT2D eigenvalue weighted by molar-refractivity contribution is -0.137. The van der Waals surface area contributed by atoms with Gasteiger partial charge in [-0.25, -0.2) is 4.68 Å². The van der Waals surface area contributed by atoms with E-state index >= 15 is 0 Å². The topological polar surface area (TPSA) is 101 Å². The number of tetrazole rings is 1. The number of nitrogens with zero attached hydrogens (tertiary/aromatic N) is 5. The molecule has 0 spiro atoms. The third-order valence-electron chi connectivity index (χ3n) is 2.91. The molecule has 0 aromatic carbocycles. The van der Waals surface area contributed by atoms with Crippen LogP contribution in [-0.4, -0.2) is 55.2 Å². The van der Waals surface area contributed by atoms with E-state index in [4.69, 9.17) is 5.11 Å². The molecule has 1 saturated heterocycles. The van der Waals surface area contributed by atoms with Crippen molar-refractivity contribution in [2.75, 3.05) is 13.1 Å². The van der Waals surface area contributed by atoms with E-state index in [1.165, 1.54) is 4.68 Å². The van der Waals surface area contributed by atoms with Crippen LogP contribution in [0, 0.1) is 0 Å². The van der Waals surface area contributed by atoms with Crippen LogP contribution in [0.3, 0.4) is 0 Å². The number of carbonyl (C=O) groups excluding carboxylic acids is 1. The second-order valence-electron chi connectivity index (χ2n) is 4.26. The summed E-state index contributed by atoms with van der Waals surface area (Å²) in [5.74, 6) is -0.877. The van der Waals surface area contributed by atoms with E-state index in [1.807, 2.05) is 0 Å². The summed E-state index contributed by atoms with van der Waals surface area (Å²) in [5, 5.41) is 19.3. The first kappa shape index (κ1) is 12.5. The molecule has 8 nitrogen and oxygen atoms in total. The number of carboxylic acids is 1. The van der Waals surface area contributed by atoms with Crippen LogP contribution in [0.4, 0.5) is 0 Å². The van der Waals surface area contributed by atoms with Gasteiger partial charge in [-0.2, -0.15) is 0 Å². The molecule has 0 unspecified atom stereocenters. The molecule has 1 aromatic heterocycles. The van der Waals surface area contributed by atoms with Crippen molar-refractivity contribution < 1.29 is 14.7 Å². The van der Waals surface area contributed by atoms with E-state index in [0.717, 1.165) is 32.4 Å². The number of likely N-dealkylation sites (tertiary alicyclic amines) is 1. The smallest absolute Gasteiger partial charge is 0.311 e. The van der Waals surface area contributed by atoms with Crippen molar-refractivity contribution in [2.24, 2.45) is 0 Å². The van der Waals surface area contributed by atoms with E-state index in [-0.39, 0.29) is 24.7 Å². The number of carboxylic acid groups (broad SMARTS) is 1. The zero-order valence-corrected chi connectivity index (χ0v) is 9.95. The number of amides is 1. The third kappa shape index (κ3) is 3.02. The molecule has 1 fully saturated rings. The van der Waals surface area contributed by atoms with Crippen molar-refractivity contribution in [3.8, 4) is 0 Å². The highest BCUT2D eigenvalue weighted by atomic mass is 16.4. The molecule has 1 aliphatic heterocycles. The van der Waals surface area contributed by atoms with Crippen molar-refractivity contribution >= 4 is 11.9 Å². The number of aromatic nitrogens is 4. The maximum Gasteiger partial charge on any atom is 0.311 e. The monoisotopic (exact) mass is 253 g/mol. The van der Waals surface area contributed by atoms with Crippen LogP contribution < -0.4 is 0 Å². The van der Waals surface area contributed by atoms with Crippen molar-refractivity contribution in [3.05, 3.63) is 5.82 Å². The van der Waals surface area contributed by atoms with E-state index < -0.39 is 5.97 Å². The highest BCUT2D eigenvalue weighted by molar-refractivity contribution is 5.76. The fourth-order valence-electron chi connectivity index (χ4n) is 1.98. The summed E-state index contributed by atoms with van der Waals surface area (Å²) >= 11 is 0. The predicted octanol–water partition coefficient (Wildman–Crippen LogP) is -0.687. The lowest BCUT2D eigenvalue weighted by Crippen LogP contribution is -2.38. The minimum absolute atomic E-state index is 0.00954. The molecular formula is C10H15N5O3. The third-order valence-corrected chi connectivity index (χ3v) is 2.91. The molecule has 0 aliphatic carbocycles. The van der Waals surface area contributed by atoms with Crippen molar-refractivity contribution in [1.29, 1.82) is 0 Å². The number of piperidine rings is 1. The first-order chi connectivity index (χ1) is 8.66. The molecule has 0 bridgehead atoms. The van der Waals surface area contributed by atoms with Gasteiger partial charge in [0.15, 0.2) is 5.82 Å². The molecule has 1 amide bonds. The molecule has 1 aliphatic rings. The van der Waals surface area contributed by atoms with E-state index in [1.54, 1.807) is 4.90 Å². The molecule has 0 radical (unpaired) electrons. The summed E-state index contributed by atoms with van der Waals surface area (Å²) < 4.78 is 1.26. The van der Waals surface area contributed by atoms with Crippen molar-refractivity contribution in [3.63, 3.8) is 0 Å². The zero-order valence-electron chi connectivity index (χ0n) is 9.95. The van der Waals surface area contributed by atoms with Gasteiger partial charge >= 0.3 is 5.97 Å². The number of aliphatic carboxylic acids is 1. The summed E-state index contributed by atoms with van der Waals surface area (Å²) in [5.41, 5.74) is 0. The lowest BCUT2D eigenvalue weighted by atomic mass is 10.1. The van der Waals surface area contributed by atoms with Crippen LogP contribution in [0.1, 0.15) is 25.1 Å². The SMILES string of the molecule is O=C(O)Cc1nnnn1CC(=O)N1CCCCC1. The fourth-order valence-corrected chi connectivity index (χ4v) is 1.98. The second kappa shape index (κ2) is 5.56. The van der Waals surface area contributed by atoms with Gasteiger partial charge in [-0.1, -0.05) is 0 Å². The summed E-state index contributed by atoms with van der Waals surface area (Å²) in [4.78, 5) is 24.3. The Morgan fingerprint density at radius 1 is 1.22 bits per heavy atom. The maximum atomic E-state index is 12.0. The molecule has 18 heavy (non-hydrogen) atoms. The summed E-state index contributed by atoms with van der Waals surface area (Å²) in [6, 6.07) is 0. The van der Waals surface area contributed by atoms with Crippen LogP contribution in [0.5, 0.6) is 0 Å². The van der Waals surface area contributed by atoms with Gasteiger partial charge in [0.1, 0.15) is 13.0 Å². The summed E-state index contributed by atoms with van der Waals surface area (Å²) in [6.07, 6.45) is 2.91. The maximum absolute atomic E-state index is 12.0. The zero-order chi connectivity index (χ0) is 13.0. The standard InChI is InChI=1S/C10H15N5O3/c16-9(14-4-2-1-3-5-14)7-15-8(6-10(17)18)11-12-13-15/h1-7H2,(H,17,18). The molecule has 8 heteroatoms. The van der Waals surface area contributed by atoms with Gasteiger partial charge in [0, 0.05) is 13.1 Å². The van der Waals surface area contributed by atoms with Crippen molar-refractivity contribution in [2.45, 2.75) is 32.2 Å². The second-order valence-corrected chi connectivity index (χ2v) is 4.26. The normalized spacial score (nSPS) is 15.7. The van der Waals surface area contributed by atoms with Gasteiger partial charge in [0.2, 0.25) is 5.91 Å². The van der Waals surface area contributed by atoms with Gasteiger partial charge in [-0.3, -0.25) is 9.59 Å². The Kier molecular flexibility index (Phi) is 3.85. The van der Waals surface area contributed by atoms with Gasteiger partial charge < -0.3 is 10.0 Å². The number of hydrogen-bond acceptors (Lipinski definition) is 5. The Morgan fingerprint density at radius 2 is 1.94 bits per heavy atom. The summed E-state index contributed by atoms with van der Waals surface area (Å²) in [6.45, 7) is 1.53. The Bertz CT molecular complexity index is 438. The Morgan fingerprint density at radius 3 is 2.61 bits per heavy atom. The molecule has 2 rings (SSSR count). The van der Waals surface area contributed by atoms with Crippen molar-refractivity contribution in [1.82, 2.24) is 25.1 Å². The quantitative estimate of drug-likeness (QED) is 0.762. The van der Waals surface area contributed by atoms with Gasteiger partial charge in [0.25, 0.3) is 0 Å². The van der Waals surface area contributed by atoms with E-state index in [2.05, 4.69) is 15.5 Å². The molecule has 0 saturated carbocycles. The predicted molar refractivity (Wildman–Crippen MR) is 59.6 cm³/mol. The van der Waals surface area contributed by atoms with Gasteiger partial charge in [-0.15, -0.1) is 5.10 Å². The lowest BCUT2D eigenvalue weighted by Gasteiger charge is -2.26. The molecule has 2 heterocycles. The Hall–Kier alpha value is -1.99. The molecule has 1 aromatic rings. The first-order valence-corrected chi connectivity index (χ1v) is 5.91. The van der Waals surface area contributed by atoms with Gasteiger partial charge in [0.05, 0.1) is 0 Å². The Balaban J connectivity index is 1.97. The fraction of sp³-hybridized carbons (Fsp3) is 0.700. The molecule has 98 valence electrons. The van der Waals surface area contributed by atoms with Crippen LogP contribution >= 0.6 is 0 Å². The number of carbonyl (C=O) groups is 2. The summed E-state index contributed by atoms with van der Waals surface area (Å²) in [7, 11) is 0. The largest absolute Gasteiger partial charge is 0.481 e. The van der Waals surface area contributed by atoms with Crippen LogP contribution in [0.25, 0.3) is 0 Å². The minimum atomic E-state index is -1.02.